The molecule has 0 saturated carbocycles. The lowest BCUT2D eigenvalue weighted by molar-refractivity contribution is -0.125. The first-order valence-corrected chi connectivity index (χ1v) is 7.32. The van der Waals surface area contributed by atoms with Gasteiger partial charge >= 0.3 is 0 Å². The molecular weight excluding hydrogens is 294 g/mol. The van der Waals surface area contributed by atoms with Crippen molar-refractivity contribution in [2.75, 3.05) is 27.2 Å². The quantitative estimate of drug-likeness (QED) is 0.860. The van der Waals surface area contributed by atoms with Crippen LogP contribution >= 0.6 is 24.2 Å². The number of likely N-dealkylation sites (N-methyl/N-ethyl adjacent to an activating group) is 1. The smallest absolute Gasteiger partial charge is 0.229 e. The second kappa shape index (κ2) is 6.16. The number of fused-ring (bicyclic) bond motifs is 2. The largest absolute Gasteiger partial charge is 0.308 e. The Hall–Kier alpha value is -1.04. The minimum Gasteiger partial charge on any atom is -0.308 e. The molecule has 2 heterocycles. The standard InChI is InChI=1S/C14H17N3OS.ClH/c1-16(2)7-8-17-13(18)9-12-14(17)15-10-5-3-4-6-11(10)19-12;/h3-6,12H,7-9H2,1-2H3;1H. The van der Waals surface area contributed by atoms with Crippen molar-refractivity contribution < 1.29 is 4.79 Å². The molecule has 108 valence electrons. The van der Waals surface area contributed by atoms with Gasteiger partial charge in [-0.3, -0.25) is 9.69 Å². The van der Waals surface area contributed by atoms with E-state index in [1.54, 1.807) is 11.8 Å². The van der Waals surface area contributed by atoms with Gasteiger partial charge in [-0.25, -0.2) is 4.99 Å². The summed E-state index contributed by atoms with van der Waals surface area (Å²) in [7, 11) is 4.04. The third-order valence-corrected chi connectivity index (χ3v) is 4.63. The van der Waals surface area contributed by atoms with Gasteiger partial charge in [-0.2, -0.15) is 0 Å². The summed E-state index contributed by atoms with van der Waals surface area (Å²) in [6, 6.07) is 8.10. The van der Waals surface area contributed by atoms with Crippen molar-refractivity contribution in [3.05, 3.63) is 24.3 Å². The number of amides is 1. The predicted octanol–water partition coefficient (Wildman–Crippen LogP) is 2.41. The number of nitrogens with zero attached hydrogens (tertiary/aromatic N) is 3. The van der Waals surface area contributed by atoms with E-state index >= 15 is 0 Å². The van der Waals surface area contributed by atoms with Gasteiger partial charge in [0.1, 0.15) is 5.84 Å². The van der Waals surface area contributed by atoms with Crippen LogP contribution in [0.5, 0.6) is 0 Å². The molecule has 0 spiro atoms. The third kappa shape index (κ3) is 2.85. The minimum atomic E-state index is 0. The fourth-order valence-corrected chi connectivity index (χ4v) is 3.56. The van der Waals surface area contributed by atoms with Gasteiger partial charge in [-0.1, -0.05) is 12.1 Å². The number of carbonyl (C=O) groups excluding carboxylic acids is 1. The van der Waals surface area contributed by atoms with Crippen LogP contribution in [0.4, 0.5) is 5.69 Å². The number of hydrogen-bond donors (Lipinski definition) is 0. The second-order valence-electron chi connectivity index (χ2n) is 5.10. The lowest BCUT2D eigenvalue weighted by atomic mass is 10.3. The van der Waals surface area contributed by atoms with E-state index in [0.29, 0.717) is 6.42 Å². The van der Waals surface area contributed by atoms with Gasteiger partial charge in [-0.05, 0) is 26.2 Å². The van der Waals surface area contributed by atoms with Gasteiger partial charge in [-0.15, -0.1) is 24.2 Å². The van der Waals surface area contributed by atoms with Crippen molar-refractivity contribution in [1.82, 2.24) is 9.80 Å². The number of amidine groups is 1. The molecule has 3 rings (SSSR count). The molecular formula is C14H18ClN3OS. The van der Waals surface area contributed by atoms with Crippen molar-refractivity contribution >= 4 is 41.6 Å². The maximum atomic E-state index is 12.1. The number of rotatable bonds is 3. The van der Waals surface area contributed by atoms with Gasteiger partial charge in [0.25, 0.3) is 0 Å². The van der Waals surface area contributed by atoms with Gasteiger partial charge < -0.3 is 4.90 Å². The van der Waals surface area contributed by atoms with Crippen LogP contribution in [-0.4, -0.2) is 54.0 Å². The zero-order chi connectivity index (χ0) is 13.4. The van der Waals surface area contributed by atoms with E-state index in [1.165, 1.54) is 4.90 Å². The Morgan fingerprint density at radius 3 is 2.90 bits per heavy atom. The number of benzene rings is 1. The first-order valence-electron chi connectivity index (χ1n) is 6.44. The Balaban J connectivity index is 0.00000147. The monoisotopic (exact) mass is 311 g/mol. The van der Waals surface area contributed by atoms with Crippen LogP contribution in [0.1, 0.15) is 6.42 Å². The Bertz CT molecular complexity index is 547. The average Bonchev–Trinajstić information content (AvgIpc) is 2.68. The highest BCUT2D eigenvalue weighted by molar-refractivity contribution is 8.01. The molecule has 6 heteroatoms. The Morgan fingerprint density at radius 2 is 2.15 bits per heavy atom. The highest BCUT2D eigenvalue weighted by Crippen LogP contribution is 2.42. The summed E-state index contributed by atoms with van der Waals surface area (Å²) in [5.41, 5.74) is 0.989. The number of para-hydroxylation sites is 1. The van der Waals surface area contributed by atoms with Crippen LogP contribution in [0.15, 0.2) is 34.2 Å². The highest BCUT2D eigenvalue weighted by Gasteiger charge is 2.39. The van der Waals surface area contributed by atoms with Crippen LogP contribution in [-0.2, 0) is 4.79 Å². The Kier molecular flexibility index (Phi) is 4.73. The topological polar surface area (TPSA) is 35.9 Å². The first-order chi connectivity index (χ1) is 9.15. The molecule has 1 fully saturated rings. The van der Waals surface area contributed by atoms with Gasteiger partial charge in [0.05, 0.1) is 10.9 Å². The molecule has 2 aliphatic heterocycles. The van der Waals surface area contributed by atoms with Crippen LogP contribution in [0, 0.1) is 0 Å². The molecule has 1 atom stereocenters. The van der Waals surface area contributed by atoms with Gasteiger partial charge in [0.2, 0.25) is 5.91 Å². The molecule has 0 aliphatic carbocycles. The molecule has 1 unspecified atom stereocenters. The maximum Gasteiger partial charge on any atom is 0.229 e. The van der Waals surface area contributed by atoms with E-state index in [0.717, 1.165) is 24.6 Å². The van der Waals surface area contributed by atoms with E-state index in [1.807, 2.05) is 37.2 Å². The van der Waals surface area contributed by atoms with Crippen molar-refractivity contribution in [3.63, 3.8) is 0 Å². The van der Waals surface area contributed by atoms with Crippen molar-refractivity contribution in [1.29, 1.82) is 0 Å². The maximum absolute atomic E-state index is 12.1. The van der Waals surface area contributed by atoms with Crippen molar-refractivity contribution in [3.8, 4) is 0 Å². The van der Waals surface area contributed by atoms with E-state index in [2.05, 4.69) is 11.0 Å². The van der Waals surface area contributed by atoms with Crippen LogP contribution in [0.2, 0.25) is 0 Å². The number of likely N-dealkylation sites (tertiary alicyclic amines) is 1. The van der Waals surface area contributed by atoms with E-state index in [-0.39, 0.29) is 23.6 Å². The molecule has 1 amide bonds. The molecule has 4 nitrogen and oxygen atoms in total. The average molecular weight is 312 g/mol. The number of halogens is 1. The molecule has 2 aliphatic rings. The predicted molar refractivity (Wildman–Crippen MR) is 85.3 cm³/mol. The Morgan fingerprint density at radius 1 is 1.40 bits per heavy atom. The molecule has 1 saturated heterocycles. The summed E-state index contributed by atoms with van der Waals surface area (Å²) >= 11 is 1.76. The van der Waals surface area contributed by atoms with E-state index in [4.69, 9.17) is 4.99 Å². The number of hydrogen-bond acceptors (Lipinski definition) is 4. The zero-order valence-electron chi connectivity index (χ0n) is 11.6. The summed E-state index contributed by atoms with van der Waals surface area (Å²) in [6.45, 7) is 1.59. The molecule has 20 heavy (non-hydrogen) atoms. The van der Waals surface area contributed by atoms with E-state index < -0.39 is 0 Å². The van der Waals surface area contributed by atoms with Gasteiger partial charge in [0, 0.05) is 24.4 Å². The summed E-state index contributed by atoms with van der Waals surface area (Å²) in [6.07, 6.45) is 0.575. The lowest BCUT2D eigenvalue weighted by Crippen LogP contribution is -2.37. The van der Waals surface area contributed by atoms with Crippen molar-refractivity contribution in [2.24, 2.45) is 4.99 Å². The molecule has 0 N–H and O–H groups in total. The van der Waals surface area contributed by atoms with Gasteiger partial charge in [0.15, 0.2) is 0 Å². The van der Waals surface area contributed by atoms with Crippen LogP contribution < -0.4 is 0 Å². The third-order valence-electron chi connectivity index (χ3n) is 3.37. The SMILES string of the molecule is CN(C)CCN1C(=O)CC2Sc3ccccc3N=C21.Cl. The van der Waals surface area contributed by atoms with Crippen LogP contribution in [0.25, 0.3) is 0 Å². The summed E-state index contributed by atoms with van der Waals surface area (Å²) in [5, 5.41) is 0.199. The molecule has 1 aromatic carbocycles. The summed E-state index contributed by atoms with van der Waals surface area (Å²) in [4.78, 5) is 21.9. The minimum absolute atomic E-state index is 0. The fraction of sp³-hybridized carbons (Fsp3) is 0.429. The van der Waals surface area contributed by atoms with E-state index in [9.17, 15) is 4.79 Å². The number of carbonyl (C=O) groups is 1. The Labute approximate surface area is 129 Å². The molecule has 0 bridgehead atoms. The summed E-state index contributed by atoms with van der Waals surface area (Å²) < 4.78 is 0. The highest BCUT2D eigenvalue weighted by atomic mass is 35.5. The first kappa shape index (κ1) is 15.4. The zero-order valence-corrected chi connectivity index (χ0v) is 13.2. The number of thioether (sulfide) groups is 1. The molecule has 0 aromatic heterocycles. The molecule has 0 radical (unpaired) electrons. The normalized spacial score (nSPS) is 20.4. The fourth-order valence-electron chi connectivity index (χ4n) is 2.35. The van der Waals surface area contributed by atoms with Crippen LogP contribution in [0.3, 0.4) is 0 Å². The number of aliphatic imine (C=N–C) groups is 1. The molecule has 1 aromatic rings. The second-order valence-corrected chi connectivity index (χ2v) is 6.34. The summed E-state index contributed by atoms with van der Waals surface area (Å²) in [5.74, 6) is 1.14. The van der Waals surface area contributed by atoms with Crippen molar-refractivity contribution in [2.45, 2.75) is 16.6 Å². The lowest BCUT2D eigenvalue weighted by Gasteiger charge is -2.24.